The number of nitrogens with one attached hydrogen (secondary N) is 1. The van der Waals surface area contributed by atoms with Crippen molar-refractivity contribution in [2.75, 3.05) is 19.0 Å². The predicted octanol–water partition coefficient (Wildman–Crippen LogP) is 5.16. The van der Waals surface area contributed by atoms with E-state index in [1.165, 1.54) is 0 Å². The highest BCUT2D eigenvalue weighted by Gasteiger charge is 2.08. The highest BCUT2D eigenvalue weighted by molar-refractivity contribution is 6.33. The molecule has 0 unspecified atom stereocenters. The second-order valence-corrected chi connectivity index (χ2v) is 5.98. The summed E-state index contributed by atoms with van der Waals surface area (Å²) in [7, 11) is 1.55. The van der Waals surface area contributed by atoms with E-state index in [1.54, 1.807) is 49.6 Å². The number of methoxy groups -OCH3 is 1. The van der Waals surface area contributed by atoms with E-state index in [0.717, 1.165) is 5.75 Å². The smallest absolute Gasteiger partial charge is 0.262 e. The third-order valence-corrected chi connectivity index (χ3v) is 3.94. The minimum atomic E-state index is -0.313. The van der Waals surface area contributed by atoms with Gasteiger partial charge in [0.15, 0.2) is 6.61 Å². The van der Waals surface area contributed by atoms with Crippen molar-refractivity contribution in [3.8, 4) is 23.0 Å². The molecule has 27 heavy (non-hydrogen) atoms. The lowest BCUT2D eigenvalue weighted by atomic mass is 10.3. The van der Waals surface area contributed by atoms with Crippen LogP contribution < -0.4 is 19.5 Å². The van der Waals surface area contributed by atoms with E-state index in [1.807, 2.05) is 30.3 Å². The monoisotopic (exact) mass is 383 g/mol. The molecule has 0 aliphatic carbocycles. The van der Waals surface area contributed by atoms with Gasteiger partial charge in [-0.1, -0.05) is 29.8 Å². The number of para-hydroxylation sites is 1. The first-order valence-corrected chi connectivity index (χ1v) is 8.61. The lowest BCUT2D eigenvalue weighted by Crippen LogP contribution is -2.20. The maximum Gasteiger partial charge on any atom is 0.262 e. The van der Waals surface area contributed by atoms with Crippen LogP contribution in [0.25, 0.3) is 0 Å². The minimum Gasteiger partial charge on any atom is -0.497 e. The number of benzene rings is 3. The van der Waals surface area contributed by atoms with Gasteiger partial charge in [0, 0.05) is 6.07 Å². The summed E-state index contributed by atoms with van der Waals surface area (Å²) in [5, 5.41) is 3.09. The van der Waals surface area contributed by atoms with Crippen LogP contribution in [0.5, 0.6) is 23.0 Å². The summed E-state index contributed by atoms with van der Waals surface area (Å²) in [5.41, 5.74) is 0.498. The number of anilines is 1. The Bertz CT molecular complexity index is 898. The van der Waals surface area contributed by atoms with Crippen LogP contribution in [-0.2, 0) is 4.79 Å². The number of carbonyl (C=O) groups excluding carboxylic acids is 1. The summed E-state index contributed by atoms with van der Waals surface area (Å²) in [6.07, 6.45) is 0. The van der Waals surface area contributed by atoms with Crippen molar-refractivity contribution in [2.45, 2.75) is 0 Å². The highest BCUT2D eigenvalue weighted by Crippen LogP contribution is 2.27. The fraction of sp³-hybridized carbons (Fsp3) is 0.0952. The topological polar surface area (TPSA) is 56.8 Å². The highest BCUT2D eigenvalue weighted by atomic mass is 35.5. The van der Waals surface area contributed by atoms with Crippen molar-refractivity contribution in [3.05, 3.63) is 77.8 Å². The van der Waals surface area contributed by atoms with Crippen molar-refractivity contribution in [3.63, 3.8) is 0 Å². The van der Waals surface area contributed by atoms with E-state index in [-0.39, 0.29) is 12.5 Å². The second-order valence-electron chi connectivity index (χ2n) is 5.57. The molecule has 5 nitrogen and oxygen atoms in total. The average Bonchev–Trinajstić information content (AvgIpc) is 2.70. The molecule has 0 aromatic heterocycles. The number of halogens is 1. The normalized spacial score (nSPS) is 10.1. The summed E-state index contributed by atoms with van der Waals surface area (Å²) in [6.45, 7) is -0.138. The molecule has 0 atom stereocenters. The molecule has 1 N–H and O–H groups in total. The third-order valence-electron chi connectivity index (χ3n) is 3.62. The molecular formula is C21H18ClNO4. The Morgan fingerprint density at radius 3 is 2.19 bits per heavy atom. The van der Waals surface area contributed by atoms with Crippen molar-refractivity contribution in [1.29, 1.82) is 0 Å². The lowest BCUT2D eigenvalue weighted by molar-refractivity contribution is -0.118. The van der Waals surface area contributed by atoms with Gasteiger partial charge in [-0.2, -0.15) is 0 Å². The molecule has 1 amide bonds. The number of rotatable bonds is 7. The van der Waals surface area contributed by atoms with Crippen LogP contribution in [0.2, 0.25) is 5.02 Å². The van der Waals surface area contributed by atoms with Crippen LogP contribution in [0.15, 0.2) is 72.8 Å². The molecule has 0 spiro atoms. The van der Waals surface area contributed by atoms with E-state index >= 15 is 0 Å². The van der Waals surface area contributed by atoms with Gasteiger partial charge in [0.05, 0.1) is 17.8 Å². The molecule has 0 aliphatic rings. The fourth-order valence-electron chi connectivity index (χ4n) is 2.29. The van der Waals surface area contributed by atoms with E-state index in [9.17, 15) is 4.79 Å². The molecule has 0 saturated carbocycles. The number of amides is 1. The quantitative estimate of drug-likeness (QED) is 0.612. The van der Waals surface area contributed by atoms with E-state index in [0.29, 0.717) is 28.0 Å². The van der Waals surface area contributed by atoms with E-state index < -0.39 is 0 Å². The van der Waals surface area contributed by atoms with Gasteiger partial charge in [0.1, 0.15) is 23.0 Å². The van der Waals surface area contributed by atoms with Crippen LogP contribution in [0.1, 0.15) is 0 Å². The van der Waals surface area contributed by atoms with Gasteiger partial charge in [0.2, 0.25) is 0 Å². The predicted molar refractivity (Wildman–Crippen MR) is 105 cm³/mol. The standard InChI is InChI=1S/C21H18ClNO4/c1-25-18-11-12-20(19(22)13-18)23-21(24)14-26-15-7-9-17(10-8-15)27-16-5-3-2-4-6-16/h2-13H,14H2,1H3,(H,23,24). The summed E-state index contributed by atoms with van der Waals surface area (Å²) >= 11 is 6.10. The van der Waals surface area contributed by atoms with E-state index in [4.69, 9.17) is 25.8 Å². The molecule has 3 aromatic carbocycles. The van der Waals surface area contributed by atoms with Gasteiger partial charge in [-0.3, -0.25) is 4.79 Å². The van der Waals surface area contributed by atoms with Crippen LogP contribution in [0.3, 0.4) is 0 Å². The van der Waals surface area contributed by atoms with Crippen LogP contribution in [-0.4, -0.2) is 19.6 Å². The van der Waals surface area contributed by atoms with E-state index in [2.05, 4.69) is 5.32 Å². The van der Waals surface area contributed by atoms with Crippen LogP contribution in [0, 0.1) is 0 Å². The van der Waals surface area contributed by atoms with Gasteiger partial charge < -0.3 is 19.5 Å². The van der Waals surface area contributed by atoms with Gasteiger partial charge in [-0.15, -0.1) is 0 Å². The number of hydrogen-bond donors (Lipinski definition) is 1. The van der Waals surface area contributed by atoms with Gasteiger partial charge >= 0.3 is 0 Å². The summed E-state index contributed by atoms with van der Waals surface area (Å²) < 4.78 is 16.3. The number of hydrogen-bond acceptors (Lipinski definition) is 4. The molecule has 3 rings (SSSR count). The Hall–Kier alpha value is -3.18. The molecule has 138 valence electrons. The lowest BCUT2D eigenvalue weighted by Gasteiger charge is -2.10. The SMILES string of the molecule is COc1ccc(NC(=O)COc2ccc(Oc3ccccc3)cc2)c(Cl)c1. The zero-order chi connectivity index (χ0) is 19.1. The van der Waals surface area contributed by atoms with Crippen molar-refractivity contribution in [2.24, 2.45) is 0 Å². The molecule has 6 heteroatoms. The minimum absolute atomic E-state index is 0.138. The molecule has 0 aliphatic heterocycles. The maximum absolute atomic E-state index is 12.0. The van der Waals surface area contributed by atoms with Crippen molar-refractivity contribution in [1.82, 2.24) is 0 Å². The maximum atomic E-state index is 12.0. The molecule has 3 aromatic rings. The first kappa shape index (κ1) is 18.6. The Labute approximate surface area is 162 Å². The van der Waals surface area contributed by atoms with Gasteiger partial charge in [0.25, 0.3) is 5.91 Å². The van der Waals surface area contributed by atoms with Crippen LogP contribution >= 0.6 is 11.6 Å². The first-order valence-electron chi connectivity index (χ1n) is 8.23. The molecule has 0 radical (unpaired) electrons. The van der Waals surface area contributed by atoms with Gasteiger partial charge in [-0.25, -0.2) is 0 Å². The Morgan fingerprint density at radius 2 is 1.52 bits per heavy atom. The average molecular weight is 384 g/mol. The molecular weight excluding hydrogens is 366 g/mol. The molecule has 0 bridgehead atoms. The fourth-order valence-corrected chi connectivity index (χ4v) is 2.51. The Kier molecular flexibility index (Phi) is 6.18. The molecule has 0 saturated heterocycles. The first-order chi connectivity index (χ1) is 13.1. The Balaban J connectivity index is 1.51. The number of carbonyl (C=O) groups is 1. The van der Waals surface area contributed by atoms with Crippen molar-refractivity contribution >= 4 is 23.2 Å². The van der Waals surface area contributed by atoms with Crippen molar-refractivity contribution < 1.29 is 19.0 Å². The number of ether oxygens (including phenoxy) is 3. The third kappa shape index (κ3) is 5.39. The largest absolute Gasteiger partial charge is 0.497 e. The molecule has 0 heterocycles. The zero-order valence-electron chi connectivity index (χ0n) is 14.6. The second kappa shape index (κ2) is 8.96. The Morgan fingerprint density at radius 1 is 0.889 bits per heavy atom. The van der Waals surface area contributed by atoms with Gasteiger partial charge in [-0.05, 0) is 48.5 Å². The summed E-state index contributed by atoms with van der Waals surface area (Å²) in [6, 6.07) is 21.5. The zero-order valence-corrected chi connectivity index (χ0v) is 15.4. The van der Waals surface area contributed by atoms with Crippen LogP contribution in [0.4, 0.5) is 5.69 Å². The molecule has 0 fully saturated rings. The summed E-state index contributed by atoms with van der Waals surface area (Å²) in [5.74, 6) is 2.30. The summed E-state index contributed by atoms with van der Waals surface area (Å²) in [4.78, 5) is 12.0.